The summed E-state index contributed by atoms with van der Waals surface area (Å²) in [6, 6.07) is 3.80. The van der Waals surface area contributed by atoms with Crippen molar-refractivity contribution in [1.82, 2.24) is 14.9 Å². The zero-order valence-electron chi connectivity index (χ0n) is 16.8. The lowest BCUT2D eigenvalue weighted by molar-refractivity contribution is -0.131. The average Bonchev–Trinajstić information content (AvgIpc) is 3.12. The van der Waals surface area contributed by atoms with E-state index in [-0.39, 0.29) is 11.5 Å². The van der Waals surface area contributed by atoms with E-state index in [4.69, 9.17) is 11.0 Å². The summed E-state index contributed by atoms with van der Waals surface area (Å²) in [6.45, 7) is 7.11. The molecule has 8 heteroatoms. The van der Waals surface area contributed by atoms with E-state index >= 15 is 0 Å². The molecule has 1 fully saturated rings. The first-order chi connectivity index (χ1) is 13.9. The fourth-order valence-corrected chi connectivity index (χ4v) is 3.40. The normalized spacial score (nSPS) is 15.0. The summed E-state index contributed by atoms with van der Waals surface area (Å²) in [6.07, 6.45) is 6.48. The highest BCUT2D eigenvalue weighted by atomic mass is 16.2. The number of piperazine rings is 1. The highest BCUT2D eigenvalue weighted by Crippen LogP contribution is 2.25. The number of fused-ring (bicyclic) bond motifs is 1. The number of nitrogens with zero attached hydrogens (tertiary/aromatic N) is 4. The third-order valence-corrected chi connectivity index (χ3v) is 5.17. The predicted molar refractivity (Wildman–Crippen MR) is 112 cm³/mol. The number of H-pyrrole nitrogens is 1. The van der Waals surface area contributed by atoms with Crippen molar-refractivity contribution in [2.75, 3.05) is 31.1 Å². The van der Waals surface area contributed by atoms with Crippen molar-refractivity contribution in [3.63, 3.8) is 0 Å². The maximum atomic E-state index is 12.3. The summed E-state index contributed by atoms with van der Waals surface area (Å²) in [5.74, 6) is -0.0107. The largest absolute Gasteiger partial charge is 0.367 e. The van der Waals surface area contributed by atoms with Crippen molar-refractivity contribution in [1.29, 1.82) is 5.26 Å². The molecule has 2 amide bonds. The molecule has 29 heavy (non-hydrogen) atoms. The number of nitrogens with one attached hydrogen (secondary N) is 1. The number of aromatic amines is 1. The van der Waals surface area contributed by atoms with Gasteiger partial charge in [0.2, 0.25) is 5.91 Å². The van der Waals surface area contributed by atoms with Gasteiger partial charge in [0.1, 0.15) is 17.3 Å². The molecule has 0 saturated carbocycles. The Balaban J connectivity index is 1.73. The molecule has 0 aromatic carbocycles. The number of nitrogens with two attached hydrogens (primary N) is 1. The van der Waals surface area contributed by atoms with E-state index in [1.807, 2.05) is 17.0 Å². The third-order valence-electron chi connectivity index (χ3n) is 5.17. The van der Waals surface area contributed by atoms with Gasteiger partial charge in [0.15, 0.2) is 0 Å². The van der Waals surface area contributed by atoms with Gasteiger partial charge in [0.25, 0.3) is 5.91 Å². The second-order valence-corrected chi connectivity index (χ2v) is 7.67. The predicted octanol–water partition coefficient (Wildman–Crippen LogP) is 2.04. The van der Waals surface area contributed by atoms with Crippen LogP contribution >= 0.6 is 0 Å². The minimum Gasteiger partial charge on any atom is -0.367 e. The maximum Gasteiger partial charge on any atom is 0.259 e. The number of pyridine rings is 1. The minimum atomic E-state index is -0.760. The number of primary amides is 1. The van der Waals surface area contributed by atoms with Crippen molar-refractivity contribution >= 4 is 34.6 Å². The molecule has 3 N–H and O–H groups in total. The Morgan fingerprint density at radius 2 is 2.07 bits per heavy atom. The fraction of sp³-hybridized carbons (Fsp3) is 0.429. The maximum absolute atomic E-state index is 12.3. The van der Waals surface area contributed by atoms with Crippen molar-refractivity contribution in [2.24, 2.45) is 11.7 Å². The standard InChI is InChI=1S/C21H26N6O2/c1-14(2)3-4-19(28)27-7-5-26(6-8-27)17-10-18-16(9-15(11-22)20(23)29)12-24-21(18)25-13-17/h9-10,12-14H,3-8H2,1-2H3,(H2,23,29)(H,24,25)/b15-9+. The lowest BCUT2D eigenvalue weighted by Crippen LogP contribution is -2.48. The van der Waals surface area contributed by atoms with E-state index in [1.54, 1.807) is 12.4 Å². The van der Waals surface area contributed by atoms with E-state index in [2.05, 4.69) is 28.7 Å². The van der Waals surface area contributed by atoms with Gasteiger partial charge in [-0.2, -0.15) is 5.26 Å². The summed E-state index contributed by atoms with van der Waals surface area (Å²) in [5.41, 5.74) is 7.43. The molecule has 0 unspecified atom stereocenters. The van der Waals surface area contributed by atoms with Crippen LogP contribution in [0.15, 0.2) is 24.0 Å². The number of hydrogen-bond donors (Lipinski definition) is 2. The summed E-state index contributed by atoms with van der Waals surface area (Å²) in [7, 11) is 0. The van der Waals surface area contributed by atoms with Crippen LogP contribution in [0.25, 0.3) is 17.1 Å². The molecular weight excluding hydrogens is 368 g/mol. The van der Waals surface area contributed by atoms with Crippen molar-refractivity contribution in [3.05, 3.63) is 29.6 Å². The molecule has 8 nitrogen and oxygen atoms in total. The van der Waals surface area contributed by atoms with Gasteiger partial charge in [-0.15, -0.1) is 0 Å². The molecule has 0 aliphatic carbocycles. The van der Waals surface area contributed by atoms with Crippen LogP contribution in [0.1, 0.15) is 32.3 Å². The van der Waals surface area contributed by atoms with Crippen LogP contribution in [0.2, 0.25) is 0 Å². The Labute approximate surface area is 170 Å². The SMILES string of the molecule is CC(C)CCC(=O)N1CCN(c2cnc3[nH]cc(/C=C(\C#N)C(N)=O)c3c2)CC1. The van der Waals surface area contributed by atoms with Gasteiger partial charge in [-0.05, 0) is 24.5 Å². The van der Waals surface area contributed by atoms with Crippen LogP contribution in [-0.2, 0) is 9.59 Å². The summed E-state index contributed by atoms with van der Waals surface area (Å²) in [4.78, 5) is 35.3. The molecule has 1 saturated heterocycles. The second kappa shape index (κ2) is 8.78. The van der Waals surface area contributed by atoms with Crippen LogP contribution in [0.5, 0.6) is 0 Å². The number of rotatable bonds is 6. The topological polar surface area (TPSA) is 119 Å². The summed E-state index contributed by atoms with van der Waals surface area (Å²) in [5, 5.41) is 9.89. The Morgan fingerprint density at radius 3 is 2.69 bits per heavy atom. The van der Waals surface area contributed by atoms with Gasteiger partial charge in [-0.3, -0.25) is 9.59 Å². The Hall–Kier alpha value is -3.34. The molecule has 1 aliphatic heterocycles. The zero-order chi connectivity index (χ0) is 21.0. The molecule has 2 aromatic heterocycles. The molecule has 3 heterocycles. The number of amides is 2. The van der Waals surface area contributed by atoms with Gasteiger partial charge in [-0.25, -0.2) is 4.98 Å². The van der Waals surface area contributed by atoms with Crippen molar-refractivity contribution in [3.8, 4) is 6.07 Å². The van der Waals surface area contributed by atoms with E-state index in [1.165, 1.54) is 6.08 Å². The zero-order valence-corrected chi connectivity index (χ0v) is 16.8. The van der Waals surface area contributed by atoms with Gasteiger partial charge >= 0.3 is 0 Å². The molecule has 0 bridgehead atoms. The van der Waals surface area contributed by atoms with Gasteiger partial charge in [-0.1, -0.05) is 13.8 Å². The highest BCUT2D eigenvalue weighted by Gasteiger charge is 2.22. The second-order valence-electron chi connectivity index (χ2n) is 7.67. The number of carbonyl (C=O) groups is 2. The Morgan fingerprint density at radius 1 is 1.34 bits per heavy atom. The van der Waals surface area contributed by atoms with E-state index in [9.17, 15) is 9.59 Å². The van der Waals surface area contributed by atoms with Gasteiger partial charge in [0.05, 0.1) is 11.9 Å². The van der Waals surface area contributed by atoms with Crippen LogP contribution in [0.4, 0.5) is 5.69 Å². The average molecular weight is 394 g/mol. The first kappa shape index (κ1) is 20.4. The number of carbonyl (C=O) groups excluding carboxylic acids is 2. The number of nitriles is 1. The summed E-state index contributed by atoms with van der Waals surface area (Å²) < 4.78 is 0. The van der Waals surface area contributed by atoms with E-state index in [0.717, 1.165) is 30.6 Å². The molecule has 0 radical (unpaired) electrons. The quantitative estimate of drug-likeness (QED) is 0.574. The number of aromatic nitrogens is 2. The third kappa shape index (κ3) is 4.74. The molecular formula is C21H26N6O2. The number of hydrogen-bond acceptors (Lipinski definition) is 5. The highest BCUT2D eigenvalue weighted by molar-refractivity contribution is 6.03. The van der Waals surface area contributed by atoms with Crippen molar-refractivity contribution < 1.29 is 9.59 Å². The van der Waals surface area contributed by atoms with Crippen molar-refractivity contribution in [2.45, 2.75) is 26.7 Å². The van der Waals surface area contributed by atoms with Gasteiger partial charge in [0, 0.05) is 49.7 Å². The van der Waals surface area contributed by atoms with Crippen LogP contribution < -0.4 is 10.6 Å². The minimum absolute atomic E-state index is 0.107. The molecule has 152 valence electrons. The Kier molecular flexibility index (Phi) is 6.17. The number of anilines is 1. The van der Waals surface area contributed by atoms with Crippen LogP contribution in [0, 0.1) is 17.2 Å². The smallest absolute Gasteiger partial charge is 0.259 e. The first-order valence-electron chi connectivity index (χ1n) is 9.80. The van der Waals surface area contributed by atoms with Crippen LogP contribution in [0.3, 0.4) is 0 Å². The Bertz CT molecular complexity index is 977. The fourth-order valence-electron chi connectivity index (χ4n) is 3.40. The molecule has 0 atom stereocenters. The first-order valence-corrected chi connectivity index (χ1v) is 9.80. The molecule has 2 aromatic rings. The monoisotopic (exact) mass is 394 g/mol. The van der Waals surface area contributed by atoms with Crippen LogP contribution in [-0.4, -0.2) is 52.9 Å². The molecule has 3 rings (SSSR count). The molecule has 1 aliphatic rings. The van der Waals surface area contributed by atoms with E-state index < -0.39 is 5.91 Å². The lowest BCUT2D eigenvalue weighted by Gasteiger charge is -2.36. The molecule has 0 spiro atoms. The lowest BCUT2D eigenvalue weighted by atomic mass is 10.1. The summed E-state index contributed by atoms with van der Waals surface area (Å²) >= 11 is 0. The van der Waals surface area contributed by atoms with E-state index in [0.29, 0.717) is 36.6 Å². The van der Waals surface area contributed by atoms with Gasteiger partial charge < -0.3 is 20.5 Å².